The van der Waals surface area contributed by atoms with Crippen LogP contribution in [0.15, 0.2) is 107 Å². The third kappa shape index (κ3) is 3.78. The Bertz CT molecular complexity index is 969. The first-order valence-electron chi connectivity index (χ1n) is 8.09. The molecule has 0 fully saturated rings. The molecular weight excluding hydrogens is 324 g/mol. The van der Waals surface area contributed by atoms with Crippen LogP contribution in [0.25, 0.3) is 22.4 Å². The van der Waals surface area contributed by atoms with Gasteiger partial charge >= 0.3 is 0 Å². The second-order valence-corrected chi connectivity index (χ2v) is 6.69. The molecule has 2 heterocycles. The van der Waals surface area contributed by atoms with Crippen molar-refractivity contribution in [3.05, 3.63) is 97.3 Å². The lowest BCUT2D eigenvalue weighted by atomic mass is 10.0. The summed E-state index contributed by atoms with van der Waals surface area (Å²) in [6.07, 6.45) is 3.65. The van der Waals surface area contributed by atoms with Gasteiger partial charge in [0, 0.05) is 22.9 Å². The van der Waals surface area contributed by atoms with Gasteiger partial charge in [-0.2, -0.15) is 0 Å². The summed E-state index contributed by atoms with van der Waals surface area (Å²) in [5, 5.41) is 1.00. The normalized spacial score (nSPS) is 10.6. The minimum atomic E-state index is 0.989. The van der Waals surface area contributed by atoms with Crippen molar-refractivity contribution in [2.75, 3.05) is 0 Å². The SMILES string of the molecule is c1ccc(Sc2cccc(-c3cccc(-c4ccccn4)c3)c2)nc1. The van der Waals surface area contributed by atoms with Crippen molar-refractivity contribution in [3.8, 4) is 22.4 Å². The fourth-order valence-electron chi connectivity index (χ4n) is 2.66. The van der Waals surface area contributed by atoms with Gasteiger partial charge in [-0.1, -0.05) is 54.2 Å². The van der Waals surface area contributed by atoms with Gasteiger partial charge in [-0.15, -0.1) is 0 Å². The Morgan fingerprint density at radius 3 is 2.04 bits per heavy atom. The third-order valence-corrected chi connectivity index (χ3v) is 4.79. The summed E-state index contributed by atoms with van der Waals surface area (Å²) in [7, 11) is 0. The number of benzene rings is 2. The minimum absolute atomic E-state index is 0.989. The molecule has 0 N–H and O–H groups in total. The molecule has 0 aliphatic rings. The largest absolute Gasteiger partial charge is 0.256 e. The van der Waals surface area contributed by atoms with Crippen LogP contribution >= 0.6 is 11.8 Å². The van der Waals surface area contributed by atoms with Gasteiger partial charge in [0.15, 0.2) is 0 Å². The number of hydrogen-bond acceptors (Lipinski definition) is 3. The Hall–Kier alpha value is -2.91. The van der Waals surface area contributed by atoms with Crippen LogP contribution in [-0.4, -0.2) is 9.97 Å². The number of nitrogens with zero attached hydrogens (tertiary/aromatic N) is 2. The molecule has 0 unspecified atom stereocenters. The fraction of sp³-hybridized carbons (Fsp3) is 0. The smallest absolute Gasteiger partial charge is 0.101 e. The molecule has 4 rings (SSSR count). The van der Waals surface area contributed by atoms with Crippen molar-refractivity contribution in [2.24, 2.45) is 0 Å². The minimum Gasteiger partial charge on any atom is -0.256 e. The highest BCUT2D eigenvalue weighted by molar-refractivity contribution is 7.99. The van der Waals surface area contributed by atoms with Crippen LogP contribution < -0.4 is 0 Å². The topological polar surface area (TPSA) is 25.8 Å². The molecule has 0 atom stereocenters. The first kappa shape index (κ1) is 15.6. The predicted molar refractivity (Wildman–Crippen MR) is 103 cm³/mol. The lowest BCUT2D eigenvalue weighted by Gasteiger charge is -2.07. The average Bonchev–Trinajstić information content (AvgIpc) is 2.70. The first-order chi connectivity index (χ1) is 12.4. The Labute approximate surface area is 151 Å². The highest BCUT2D eigenvalue weighted by atomic mass is 32.2. The summed E-state index contributed by atoms with van der Waals surface area (Å²) in [6.45, 7) is 0. The van der Waals surface area contributed by atoms with E-state index in [0.29, 0.717) is 0 Å². The summed E-state index contributed by atoms with van der Waals surface area (Å²) in [5.41, 5.74) is 4.49. The molecule has 25 heavy (non-hydrogen) atoms. The van der Waals surface area contributed by atoms with E-state index < -0.39 is 0 Å². The van der Waals surface area contributed by atoms with Crippen molar-refractivity contribution in [1.29, 1.82) is 0 Å². The van der Waals surface area contributed by atoms with Crippen molar-refractivity contribution >= 4 is 11.8 Å². The molecule has 0 aliphatic heterocycles. The van der Waals surface area contributed by atoms with E-state index in [9.17, 15) is 0 Å². The van der Waals surface area contributed by atoms with Gasteiger partial charge in [0.25, 0.3) is 0 Å². The second-order valence-electron chi connectivity index (χ2n) is 5.59. The zero-order valence-corrected chi connectivity index (χ0v) is 14.4. The summed E-state index contributed by atoms with van der Waals surface area (Å²) in [4.78, 5) is 10.0. The van der Waals surface area contributed by atoms with Crippen LogP contribution in [0.2, 0.25) is 0 Å². The molecule has 2 aromatic carbocycles. The van der Waals surface area contributed by atoms with Crippen LogP contribution in [0.4, 0.5) is 0 Å². The van der Waals surface area contributed by atoms with Crippen molar-refractivity contribution in [2.45, 2.75) is 9.92 Å². The van der Waals surface area contributed by atoms with Crippen molar-refractivity contribution in [1.82, 2.24) is 9.97 Å². The molecule has 2 nitrogen and oxygen atoms in total. The average molecular weight is 340 g/mol. The van der Waals surface area contributed by atoms with Crippen molar-refractivity contribution < 1.29 is 0 Å². The predicted octanol–water partition coefficient (Wildman–Crippen LogP) is 5.96. The van der Waals surface area contributed by atoms with Gasteiger partial charge < -0.3 is 0 Å². The maximum atomic E-state index is 4.44. The lowest BCUT2D eigenvalue weighted by molar-refractivity contribution is 1.13. The van der Waals surface area contributed by atoms with Gasteiger partial charge in [-0.05, 0) is 53.6 Å². The summed E-state index contributed by atoms with van der Waals surface area (Å²) in [5.74, 6) is 0. The van der Waals surface area contributed by atoms with Crippen LogP contribution in [0.5, 0.6) is 0 Å². The maximum absolute atomic E-state index is 4.44. The second kappa shape index (κ2) is 7.32. The standard InChI is InChI=1S/C22H16N2S/c1-3-13-23-21(11-1)19-9-5-7-17(15-19)18-8-6-10-20(16-18)25-22-12-2-4-14-24-22/h1-16H. The zero-order chi connectivity index (χ0) is 16.9. The number of hydrogen-bond donors (Lipinski definition) is 0. The zero-order valence-electron chi connectivity index (χ0n) is 13.5. The Morgan fingerprint density at radius 1 is 0.560 bits per heavy atom. The molecule has 120 valence electrons. The van der Waals surface area contributed by atoms with E-state index in [1.165, 1.54) is 16.0 Å². The van der Waals surface area contributed by atoms with E-state index in [1.807, 2.05) is 48.8 Å². The van der Waals surface area contributed by atoms with Gasteiger partial charge in [0.2, 0.25) is 0 Å². The molecule has 0 bridgehead atoms. The third-order valence-electron chi connectivity index (χ3n) is 3.85. The van der Waals surface area contributed by atoms with Gasteiger partial charge in [-0.3, -0.25) is 4.98 Å². The van der Waals surface area contributed by atoms with Crippen LogP contribution in [0, 0.1) is 0 Å². The van der Waals surface area contributed by atoms with E-state index in [1.54, 1.807) is 11.8 Å². The summed E-state index contributed by atoms with van der Waals surface area (Å²) >= 11 is 1.67. The maximum Gasteiger partial charge on any atom is 0.101 e. The monoisotopic (exact) mass is 340 g/mol. The molecule has 0 saturated carbocycles. The van der Waals surface area contributed by atoms with Gasteiger partial charge in [-0.25, -0.2) is 4.98 Å². The van der Waals surface area contributed by atoms with Gasteiger partial charge in [0.1, 0.15) is 5.03 Å². The van der Waals surface area contributed by atoms with Crippen molar-refractivity contribution in [3.63, 3.8) is 0 Å². The molecule has 0 radical (unpaired) electrons. The number of pyridine rings is 2. The highest BCUT2D eigenvalue weighted by Gasteiger charge is 2.04. The molecule has 3 heteroatoms. The first-order valence-corrected chi connectivity index (χ1v) is 8.91. The Morgan fingerprint density at radius 2 is 1.28 bits per heavy atom. The quantitative estimate of drug-likeness (QED) is 0.458. The van der Waals surface area contributed by atoms with E-state index in [2.05, 4.69) is 58.5 Å². The fourth-order valence-corrected chi connectivity index (χ4v) is 3.49. The Kier molecular flexibility index (Phi) is 4.57. The molecule has 0 saturated heterocycles. The highest BCUT2D eigenvalue weighted by Crippen LogP contribution is 2.31. The Balaban J connectivity index is 1.65. The molecular formula is C22H16N2S. The van der Waals surface area contributed by atoms with E-state index in [4.69, 9.17) is 0 Å². The van der Waals surface area contributed by atoms with Crippen LogP contribution in [0.3, 0.4) is 0 Å². The summed E-state index contributed by atoms with van der Waals surface area (Å²) < 4.78 is 0. The molecule has 0 amide bonds. The van der Waals surface area contributed by atoms with E-state index in [-0.39, 0.29) is 0 Å². The number of rotatable bonds is 4. The summed E-state index contributed by atoms with van der Waals surface area (Å²) in [6, 6.07) is 29.0. The molecule has 0 spiro atoms. The van der Waals surface area contributed by atoms with Crippen LogP contribution in [-0.2, 0) is 0 Å². The molecule has 2 aromatic heterocycles. The van der Waals surface area contributed by atoms with Crippen LogP contribution in [0.1, 0.15) is 0 Å². The molecule has 0 aliphatic carbocycles. The van der Waals surface area contributed by atoms with E-state index in [0.717, 1.165) is 16.3 Å². The number of aromatic nitrogens is 2. The van der Waals surface area contributed by atoms with E-state index >= 15 is 0 Å². The molecule has 4 aromatic rings. The lowest BCUT2D eigenvalue weighted by Crippen LogP contribution is -1.84. The van der Waals surface area contributed by atoms with Gasteiger partial charge in [0.05, 0.1) is 5.69 Å².